The Bertz CT molecular complexity index is 731. The number of benzene rings is 1. The van der Waals surface area contributed by atoms with E-state index in [4.69, 9.17) is 0 Å². The van der Waals surface area contributed by atoms with E-state index < -0.39 is 10.0 Å². The number of nitrogens with one attached hydrogen (secondary N) is 2. The minimum atomic E-state index is -3.46. The molecule has 0 bridgehead atoms. The molecule has 2 aliphatic rings. The summed E-state index contributed by atoms with van der Waals surface area (Å²) in [6, 6.07) is 5.53. The smallest absolute Gasteiger partial charge is 0.243 e. The van der Waals surface area contributed by atoms with Crippen LogP contribution in [0.2, 0.25) is 0 Å². The number of halogens is 1. The average molecular weight is 402 g/mol. The van der Waals surface area contributed by atoms with E-state index in [0.29, 0.717) is 37.4 Å². The van der Waals surface area contributed by atoms with Crippen molar-refractivity contribution in [3.63, 3.8) is 0 Å². The SMILES string of the molecule is CNCCNC(=O)C1CCN(S(=O)(=O)c2ccc3c(c2)CCC3)CC1.Cl. The van der Waals surface area contributed by atoms with Gasteiger partial charge in [-0.1, -0.05) is 6.07 Å². The van der Waals surface area contributed by atoms with Gasteiger partial charge in [0.1, 0.15) is 0 Å². The Hall–Kier alpha value is -1.15. The Morgan fingerprint density at radius 3 is 2.54 bits per heavy atom. The summed E-state index contributed by atoms with van der Waals surface area (Å²) in [5.41, 5.74) is 2.44. The quantitative estimate of drug-likeness (QED) is 0.705. The van der Waals surface area contributed by atoms with Crippen LogP contribution in [0, 0.1) is 5.92 Å². The molecular weight excluding hydrogens is 374 g/mol. The molecule has 146 valence electrons. The normalized spacial score (nSPS) is 18.2. The van der Waals surface area contributed by atoms with Crippen molar-refractivity contribution in [2.45, 2.75) is 37.0 Å². The summed E-state index contributed by atoms with van der Waals surface area (Å²) in [5.74, 6) is -0.0619. The maximum absolute atomic E-state index is 12.9. The Morgan fingerprint density at radius 2 is 1.85 bits per heavy atom. The molecule has 1 aromatic rings. The van der Waals surface area contributed by atoms with Crippen molar-refractivity contribution < 1.29 is 13.2 Å². The van der Waals surface area contributed by atoms with Crippen molar-refractivity contribution >= 4 is 28.3 Å². The van der Waals surface area contributed by atoms with Gasteiger partial charge in [-0.25, -0.2) is 8.42 Å². The summed E-state index contributed by atoms with van der Waals surface area (Å²) in [7, 11) is -1.62. The van der Waals surface area contributed by atoms with Crippen molar-refractivity contribution in [2.75, 3.05) is 33.2 Å². The van der Waals surface area contributed by atoms with Gasteiger partial charge in [0.25, 0.3) is 0 Å². The van der Waals surface area contributed by atoms with Crippen LogP contribution in [0.3, 0.4) is 0 Å². The van der Waals surface area contributed by atoms with Crippen molar-refractivity contribution in [2.24, 2.45) is 5.92 Å². The highest BCUT2D eigenvalue weighted by Gasteiger charge is 2.32. The van der Waals surface area contributed by atoms with E-state index in [1.54, 1.807) is 6.07 Å². The number of sulfonamides is 1. The molecule has 1 amide bonds. The molecule has 1 aromatic carbocycles. The second-order valence-electron chi connectivity index (χ2n) is 6.86. The molecule has 0 radical (unpaired) electrons. The lowest BCUT2D eigenvalue weighted by Gasteiger charge is -2.30. The second-order valence-corrected chi connectivity index (χ2v) is 8.79. The van der Waals surface area contributed by atoms with Crippen LogP contribution in [-0.2, 0) is 27.7 Å². The fourth-order valence-electron chi connectivity index (χ4n) is 3.67. The molecule has 3 rings (SSSR count). The molecule has 1 fully saturated rings. The van der Waals surface area contributed by atoms with Crippen LogP contribution in [0.5, 0.6) is 0 Å². The Morgan fingerprint density at radius 1 is 1.15 bits per heavy atom. The molecule has 2 N–H and O–H groups in total. The topological polar surface area (TPSA) is 78.5 Å². The summed E-state index contributed by atoms with van der Waals surface area (Å²) < 4.78 is 27.3. The summed E-state index contributed by atoms with van der Waals surface area (Å²) >= 11 is 0. The monoisotopic (exact) mass is 401 g/mol. The van der Waals surface area contributed by atoms with Crippen LogP contribution in [0.4, 0.5) is 0 Å². The molecule has 1 saturated heterocycles. The lowest BCUT2D eigenvalue weighted by atomic mass is 9.97. The van der Waals surface area contributed by atoms with Crippen LogP contribution in [-0.4, -0.2) is 51.9 Å². The Kier molecular flexibility index (Phi) is 7.46. The number of hydrogen-bond donors (Lipinski definition) is 2. The Labute approximate surface area is 162 Å². The van der Waals surface area contributed by atoms with Crippen LogP contribution < -0.4 is 10.6 Å². The first kappa shape index (κ1) is 21.2. The third kappa shape index (κ3) is 4.57. The molecule has 8 heteroatoms. The average Bonchev–Trinajstić information content (AvgIpc) is 3.09. The third-order valence-corrected chi connectivity index (χ3v) is 7.10. The van der Waals surface area contributed by atoms with Crippen LogP contribution in [0.25, 0.3) is 0 Å². The third-order valence-electron chi connectivity index (χ3n) is 5.21. The van der Waals surface area contributed by atoms with Gasteiger partial charge in [0, 0.05) is 32.1 Å². The molecule has 1 aliphatic heterocycles. The highest BCUT2D eigenvalue weighted by Crippen LogP contribution is 2.28. The standard InChI is InChI=1S/C18H27N3O3S.ClH/c1-19-9-10-20-18(22)15-7-11-21(12-8-15)25(23,24)17-6-5-14-3-2-4-16(14)13-17;/h5-6,13,15,19H,2-4,7-12H2,1H3,(H,20,22);1H. The van der Waals surface area contributed by atoms with E-state index in [1.807, 2.05) is 19.2 Å². The molecule has 0 spiro atoms. The van der Waals surface area contributed by atoms with Crippen LogP contribution in [0.15, 0.2) is 23.1 Å². The number of amides is 1. The van der Waals surface area contributed by atoms with Gasteiger partial charge in [0.15, 0.2) is 0 Å². The zero-order valence-electron chi connectivity index (χ0n) is 15.2. The number of fused-ring (bicyclic) bond motifs is 1. The van der Waals surface area contributed by atoms with Crippen molar-refractivity contribution in [1.29, 1.82) is 0 Å². The Balaban J connectivity index is 0.00000243. The van der Waals surface area contributed by atoms with E-state index in [2.05, 4.69) is 10.6 Å². The maximum Gasteiger partial charge on any atom is 0.243 e. The number of hydrogen-bond acceptors (Lipinski definition) is 4. The molecule has 6 nitrogen and oxygen atoms in total. The molecule has 1 aliphatic carbocycles. The maximum atomic E-state index is 12.9. The van der Waals surface area contributed by atoms with E-state index in [0.717, 1.165) is 25.8 Å². The molecule has 0 unspecified atom stereocenters. The zero-order chi connectivity index (χ0) is 17.9. The van der Waals surface area contributed by atoms with Gasteiger partial charge in [-0.3, -0.25) is 4.79 Å². The van der Waals surface area contributed by atoms with E-state index >= 15 is 0 Å². The van der Waals surface area contributed by atoms with E-state index in [9.17, 15) is 13.2 Å². The van der Waals surface area contributed by atoms with Gasteiger partial charge in [0.05, 0.1) is 4.90 Å². The number of carbonyl (C=O) groups is 1. The highest BCUT2D eigenvalue weighted by molar-refractivity contribution is 7.89. The minimum absolute atomic E-state index is 0. The number of piperidine rings is 1. The number of carbonyl (C=O) groups excluding carboxylic acids is 1. The second kappa shape index (κ2) is 9.17. The molecular formula is C18H28ClN3O3S. The predicted molar refractivity (Wildman–Crippen MR) is 104 cm³/mol. The fourth-order valence-corrected chi connectivity index (χ4v) is 5.19. The first-order chi connectivity index (χ1) is 12.0. The number of likely N-dealkylation sites (N-methyl/N-ethyl adjacent to an activating group) is 1. The highest BCUT2D eigenvalue weighted by atomic mass is 35.5. The van der Waals surface area contributed by atoms with E-state index in [1.165, 1.54) is 15.4 Å². The van der Waals surface area contributed by atoms with Gasteiger partial charge in [-0.15, -0.1) is 12.4 Å². The van der Waals surface area contributed by atoms with Gasteiger partial charge in [-0.2, -0.15) is 4.31 Å². The van der Waals surface area contributed by atoms with Gasteiger partial charge in [-0.05, 0) is 62.4 Å². The first-order valence-electron chi connectivity index (χ1n) is 9.06. The van der Waals surface area contributed by atoms with Crippen LogP contribution >= 0.6 is 12.4 Å². The summed E-state index contributed by atoms with van der Waals surface area (Å²) in [6.45, 7) is 2.15. The number of aryl methyl sites for hydroxylation is 2. The molecule has 0 saturated carbocycles. The molecule has 0 aromatic heterocycles. The summed E-state index contributed by atoms with van der Waals surface area (Å²) in [6.07, 6.45) is 4.27. The summed E-state index contributed by atoms with van der Waals surface area (Å²) in [4.78, 5) is 12.5. The lowest BCUT2D eigenvalue weighted by molar-refractivity contribution is -0.126. The fraction of sp³-hybridized carbons (Fsp3) is 0.611. The molecule has 26 heavy (non-hydrogen) atoms. The predicted octanol–water partition coefficient (Wildman–Crippen LogP) is 1.33. The number of rotatable bonds is 6. The molecule has 0 atom stereocenters. The van der Waals surface area contributed by atoms with Crippen LogP contribution in [0.1, 0.15) is 30.4 Å². The van der Waals surface area contributed by atoms with E-state index in [-0.39, 0.29) is 24.2 Å². The lowest BCUT2D eigenvalue weighted by Crippen LogP contribution is -2.43. The van der Waals surface area contributed by atoms with Gasteiger partial charge >= 0.3 is 0 Å². The summed E-state index contributed by atoms with van der Waals surface area (Å²) in [5, 5.41) is 5.88. The van der Waals surface area contributed by atoms with Gasteiger partial charge < -0.3 is 10.6 Å². The van der Waals surface area contributed by atoms with Crippen molar-refractivity contribution in [3.8, 4) is 0 Å². The van der Waals surface area contributed by atoms with Crippen molar-refractivity contribution in [3.05, 3.63) is 29.3 Å². The zero-order valence-corrected chi connectivity index (χ0v) is 16.8. The molecule has 1 heterocycles. The first-order valence-corrected chi connectivity index (χ1v) is 10.5. The minimum Gasteiger partial charge on any atom is -0.355 e. The number of nitrogens with zero attached hydrogens (tertiary/aromatic N) is 1. The van der Waals surface area contributed by atoms with Gasteiger partial charge in [0.2, 0.25) is 15.9 Å². The largest absolute Gasteiger partial charge is 0.355 e. The van der Waals surface area contributed by atoms with Crippen molar-refractivity contribution in [1.82, 2.24) is 14.9 Å².